The van der Waals surface area contributed by atoms with Crippen LogP contribution in [-0.2, 0) is 73.6 Å². The lowest BCUT2D eigenvalue weighted by molar-refractivity contribution is -0.134. The van der Waals surface area contributed by atoms with Crippen molar-refractivity contribution in [2.24, 2.45) is 45.9 Å². The van der Waals surface area contributed by atoms with Crippen LogP contribution in [0.3, 0.4) is 0 Å². The molecule has 6 aromatic rings. The van der Waals surface area contributed by atoms with E-state index in [9.17, 15) is 48.6 Å². The number of primary amides is 2. The summed E-state index contributed by atoms with van der Waals surface area (Å²) in [5.74, 6) is -11.3. The maximum absolute atomic E-state index is 15.3. The number of fused-ring (bicyclic) bond motifs is 2. The molecule has 10 atom stereocenters. The van der Waals surface area contributed by atoms with Crippen molar-refractivity contribution in [2.45, 2.75) is 137 Å². The van der Waals surface area contributed by atoms with Crippen molar-refractivity contribution >= 4 is 126 Å². The number of nitrogens with two attached hydrogens (primary N) is 8. The maximum atomic E-state index is 15.3. The minimum atomic E-state index is -1.65. The summed E-state index contributed by atoms with van der Waals surface area (Å²) in [6.45, 7) is 0.623. The highest BCUT2D eigenvalue weighted by Gasteiger charge is 2.36. The normalized spacial score (nSPS) is 13.7. The van der Waals surface area contributed by atoms with Gasteiger partial charge in [-0.2, -0.15) is 0 Å². The molecule has 0 aliphatic carbocycles. The van der Waals surface area contributed by atoms with E-state index in [1.54, 1.807) is 36.4 Å². The van der Waals surface area contributed by atoms with Crippen molar-refractivity contribution in [3.8, 4) is 11.5 Å². The average molecular weight is 1580 g/mol. The molecule has 0 aliphatic rings. The van der Waals surface area contributed by atoms with Gasteiger partial charge in [-0.05, 0) is 119 Å². The molecule has 0 aliphatic heterocycles. The van der Waals surface area contributed by atoms with E-state index in [0.29, 0.717) is 35.1 Å². The third-order valence-electron chi connectivity index (χ3n) is 17.6. The number of phenols is 2. The first-order valence-corrected chi connectivity index (χ1v) is 38.5. The monoisotopic (exact) mass is 1580 g/mol. The summed E-state index contributed by atoms with van der Waals surface area (Å²) in [5, 5.41) is 85.8. The van der Waals surface area contributed by atoms with Crippen LogP contribution >= 0.6 is 21.6 Å². The van der Waals surface area contributed by atoms with Crippen LogP contribution in [-0.4, -0.2) is 191 Å². The van der Waals surface area contributed by atoms with Gasteiger partial charge in [0, 0.05) is 63.4 Å². The van der Waals surface area contributed by atoms with Crippen molar-refractivity contribution in [2.75, 3.05) is 37.7 Å². The summed E-state index contributed by atoms with van der Waals surface area (Å²) in [6, 6.07) is 22.5. The average Bonchev–Trinajstić information content (AvgIpc) is 0.833. The van der Waals surface area contributed by atoms with Crippen LogP contribution in [0.15, 0.2) is 133 Å². The van der Waals surface area contributed by atoms with E-state index in [1.807, 2.05) is 48.5 Å². The molecule has 6 rings (SSSR count). The Morgan fingerprint density at radius 1 is 0.312 bits per heavy atom. The molecule has 34 N–H and O–H groups in total. The second-order valence-corrected chi connectivity index (χ2v) is 29.1. The molecule has 602 valence electrons. The molecule has 0 unspecified atom stereocenters. The lowest BCUT2D eigenvalue weighted by Crippen LogP contribution is -2.60. The Hall–Kier alpha value is -12.2. The van der Waals surface area contributed by atoms with Crippen LogP contribution in [0.4, 0.5) is 0 Å². The summed E-state index contributed by atoms with van der Waals surface area (Å²) >= 11 is 0. The predicted octanol–water partition coefficient (Wildman–Crippen LogP) is -2.39. The first-order chi connectivity index (χ1) is 53.4. The van der Waals surface area contributed by atoms with Crippen molar-refractivity contribution in [1.29, 1.82) is 21.6 Å². The second-order valence-electron chi connectivity index (χ2n) is 26.5. The van der Waals surface area contributed by atoms with Gasteiger partial charge in [0.1, 0.15) is 59.8 Å². The molecular weight excluding hydrogens is 1480 g/mol. The van der Waals surface area contributed by atoms with Gasteiger partial charge in [0.2, 0.25) is 59.1 Å². The standard InChI is InChI=1S/C74H102N24O12S2/c75-51(13-5-29-87-71(79)80)63(103)91-53(15-7-31-89-73(83)84)65(105)95-57(37-43-17-23-45-9-1-3-11-47(45)33-43)67(107)97-59(69(109)93-55(61(77)101)35-41-19-25-49(99)26-20-41)39-111-112-40-60(70(110)94-56(62(78)102)36-42-21-27-50(100)28-22-42)98-68(108)58(38-44-18-24-46-10-2-4-12-48(46)34-44)96-66(106)54(16-8-32-90-74(85)86)92-64(104)52(76)14-6-30-88-72(81)82/h1-4,9-12,17-28,33-34,51-60,99-100H,5-8,13-16,29-32,35-40,75-76H2,(H2,77,101)(H2,78,102)(H,91,103)(H,92,104)(H,93,109)(H,94,110)(H,95,105)(H,96,106)(H,97,107)(H,98,108)(H4,79,80,87)(H4,81,82,88)(H4,83,84,89)(H4,85,86,90)/t51-,52-,53-,54-,55-,56-,57-,58-,59-,60-/m0/s1. The fraction of sp³-hybridized carbons (Fsp3) is 0.378. The zero-order valence-electron chi connectivity index (χ0n) is 61.6. The smallest absolute Gasteiger partial charge is 0.244 e. The molecule has 0 saturated heterocycles. The van der Waals surface area contributed by atoms with E-state index in [4.69, 9.17) is 67.5 Å². The molecule has 0 fully saturated rings. The van der Waals surface area contributed by atoms with E-state index in [2.05, 4.69) is 63.8 Å². The first kappa shape index (κ1) is 88.7. The quantitative estimate of drug-likeness (QED) is 0.00820. The van der Waals surface area contributed by atoms with E-state index in [1.165, 1.54) is 48.5 Å². The molecule has 10 amide bonds. The van der Waals surface area contributed by atoms with E-state index < -0.39 is 131 Å². The number of hydrogen-bond donors (Lipinski definition) is 26. The molecule has 112 heavy (non-hydrogen) atoms. The van der Waals surface area contributed by atoms with Crippen LogP contribution in [0.25, 0.3) is 21.5 Å². The lowest BCUT2D eigenvalue weighted by Gasteiger charge is -2.27. The third-order valence-corrected chi connectivity index (χ3v) is 20.0. The largest absolute Gasteiger partial charge is 0.508 e. The van der Waals surface area contributed by atoms with Crippen molar-refractivity contribution in [3.05, 3.63) is 156 Å². The molecule has 38 heteroatoms. The maximum Gasteiger partial charge on any atom is 0.244 e. The van der Waals surface area contributed by atoms with Gasteiger partial charge >= 0.3 is 0 Å². The van der Waals surface area contributed by atoms with Crippen LogP contribution in [0, 0.1) is 21.6 Å². The van der Waals surface area contributed by atoms with Gasteiger partial charge in [0.15, 0.2) is 23.8 Å². The summed E-state index contributed by atoms with van der Waals surface area (Å²) < 4.78 is 0. The van der Waals surface area contributed by atoms with Gasteiger partial charge in [-0.1, -0.05) is 131 Å². The van der Waals surface area contributed by atoms with Gasteiger partial charge < -0.3 is 120 Å². The molecule has 36 nitrogen and oxygen atoms in total. The third kappa shape index (κ3) is 31.4. The molecule has 0 saturated carbocycles. The minimum absolute atomic E-state index is 0.0710. The Kier molecular flexibility index (Phi) is 36.2. The number of carbonyl (C=O) groups excluding carboxylic acids is 10. The number of amides is 10. The summed E-state index contributed by atoms with van der Waals surface area (Å²) in [7, 11) is 1.77. The predicted molar refractivity (Wildman–Crippen MR) is 430 cm³/mol. The number of carbonyl (C=O) groups is 10. The molecule has 0 radical (unpaired) electrons. The zero-order valence-corrected chi connectivity index (χ0v) is 63.2. The molecule has 0 heterocycles. The SMILES string of the molecule is N=C(N)NCCC[C@H](NC(=O)[C@@H](N)CCCNC(=N)N)C(=O)N[C@@H](Cc1ccc2ccccc2c1)C(=O)N[C@@H](CSSC[C@H](NC(=O)[C@H](Cc1ccc2ccccc2c1)NC(=O)[C@H](CCCNC(=N)N)NC(=O)[C@@H](N)CCCNC(=N)N)C(=O)N[C@@H](Cc1ccc(O)cc1)C(N)=O)C(=O)N[C@@H](Cc1ccc(O)cc1)C(N)=O. The van der Waals surface area contributed by atoms with E-state index in [0.717, 1.165) is 43.1 Å². The fourth-order valence-electron chi connectivity index (χ4n) is 11.5. The summed E-state index contributed by atoms with van der Waals surface area (Å²) in [4.78, 5) is 144. The highest BCUT2D eigenvalue weighted by Crippen LogP contribution is 2.26. The van der Waals surface area contributed by atoms with Gasteiger partial charge in [0.05, 0.1) is 12.1 Å². The number of nitrogens with one attached hydrogen (secondary N) is 16. The Morgan fingerprint density at radius 3 is 0.893 bits per heavy atom. The van der Waals surface area contributed by atoms with Crippen LogP contribution in [0.1, 0.15) is 73.6 Å². The Morgan fingerprint density at radius 2 is 0.571 bits per heavy atom. The lowest BCUT2D eigenvalue weighted by atomic mass is 10.00. The fourth-order valence-corrected chi connectivity index (χ4v) is 13.9. The van der Waals surface area contributed by atoms with Crippen LogP contribution < -0.4 is 110 Å². The van der Waals surface area contributed by atoms with Gasteiger partial charge in [0.25, 0.3) is 0 Å². The van der Waals surface area contributed by atoms with Gasteiger partial charge in [-0.3, -0.25) is 69.6 Å². The number of aromatic hydroxyl groups is 2. The van der Waals surface area contributed by atoms with Crippen LogP contribution in [0.5, 0.6) is 11.5 Å². The first-order valence-electron chi connectivity index (χ1n) is 36.0. The molecule has 0 aromatic heterocycles. The minimum Gasteiger partial charge on any atom is -0.508 e. The number of rotatable bonds is 47. The Balaban J connectivity index is 1.37. The highest BCUT2D eigenvalue weighted by atomic mass is 33.1. The Bertz CT molecular complexity index is 3990. The van der Waals surface area contributed by atoms with Gasteiger partial charge in [-0.15, -0.1) is 0 Å². The molecule has 0 spiro atoms. The number of guanidine groups is 4. The second kappa shape index (κ2) is 45.7. The van der Waals surface area contributed by atoms with Crippen molar-refractivity contribution < 1.29 is 58.2 Å². The van der Waals surface area contributed by atoms with Crippen molar-refractivity contribution in [1.82, 2.24) is 63.8 Å². The summed E-state index contributed by atoms with van der Waals surface area (Å²) in [6.07, 6.45) is 0.174. The molecule has 0 bridgehead atoms. The van der Waals surface area contributed by atoms with E-state index >= 15 is 9.59 Å². The number of phenolic OH excluding ortho intramolecular Hbond substituents is 2. The van der Waals surface area contributed by atoms with E-state index in [-0.39, 0.29) is 126 Å². The summed E-state index contributed by atoms with van der Waals surface area (Å²) in [5.41, 5.74) is 48.3. The molecular formula is C74H102N24O12S2. The Labute approximate surface area is 654 Å². The van der Waals surface area contributed by atoms with Gasteiger partial charge in [-0.25, -0.2) is 0 Å². The van der Waals surface area contributed by atoms with Crippen molar-refractivity contribution in [3.63, 3.8) is 0 Å². The highest BCUT2D eigenvalue weighted by molar-refractivity contribution is 8.76. The number of hydrogen-bond acceptors (Lipinski definition) is 20. The number of benzene rings is 6. The zero-order chi connectivity index (χ0) is 81.8. The molecule has 6 aromatic carbocycles. The topological polar surface area (TPSA) is 659 Å². The van der Waals surface area contributed by atoms with Crippen LogP contribution in [0.2, 0.25) is 0 Å².